The zero-order valence-electron chi connectivity index (χ0n) is 17.9. The number of aromatic amines is 1. The predicted molar refractivity (Wildman–Crippen MR) is 134 cm³/mol. The number of piperidine rings is 1. The van der Waals surface area contributed by atoms with E-state index in [-0.39, 0.29) is 11.6 Å². The first-order chi connectivity index (χ1) is 15.8. The van der Waals surface area contributed by atoms with E-state index < -0.39 is 10.0 Å². The number of aromatic nitrogens is 3. The van der Waals surface area contributed by atoms with Crippen LogP contribution in [0.1, 0.15) is 12.8 Å². The van der Waals surface area contributed by atoms with Crippen LogP contribution in [0.25, 0.3) is 32.9 Å². The van der Waals surface area contributed by atoms with Crippen LogP contribution in [0.4, 0.5) is 5.82 Å². The monoisotopic (exact) mass is 527 g/mol. The Kier molecular flexibility index (Phi) is 5.67. The molecular formula is C23H22BrN5O3S. The van der Waals surface area contributed by atoms with Gasteiger partial charge in [0.15, 0.2) is 0 Å². The van der Waals surface area contributed by atoms with Gasteiger partial charge in [0.2, 0.25) is 10.0 Å². The van der Waals surface area contributed by atoms with E-state index >= 15 is 0 Å². The maximum absolute atomic E-state index is 12.9. The predicted octanol–water partition coefficient (Wildman–Crippen LogP) is 3.74. The molecule has 1 aliphatic heterocycles. The molecule has 1 fully saturated rings. The van der Waals surface area contributed by atoms with Gasteiger partial charge in [-0.3, -0.25) is 9.78 Å². The molecule has 2 N–H and O–H groups in total. The Balaban J connectivity index is 1.71. The highest BCUT2D eigenvalue weighted by Crippen LogP contribution is 2.34. The summed E-state index contributed by atoms with van der Waals surface area (Å²) in [4.78, 5) is 25.1. The molecule has 0 spiro atoms. The van der Waals surface area contributed by atoms with E-state index in [9.17, 15) is 13.2 Å². The van der Waals surface area contributed by atoms with Crippen LogP contribution in [-0.4, -0.2) is 53.1 Å². The Morgan fingerprint density at radius 3 is 2.82 bits per heavy atom. The van der Waals surface area contributed by atoms with Gasteiger partial charge in [-0.2, -0.15) is 0 Å². The molecule has 5 rings (SSSR count). The minimum absolute atomic E-state index is 0.0921. The number of nitrogens with one attached hydrogen (secondary N) is 2. The first kappa shape index (κ1) is 22.0. The number of fused-ring (bicyclic) bond motifs is 3. The highest BCUT2D eigenvalue weighted by molar-refractivity contribution is 9.10. The first-order valence-electron chi connectivity index (χ1n) is 10.6. The SMILES string of the molecule is CS(=O)(=O)N1CCC[C@H](Nc2nc3c(-c4ccccn4)c[nH]c(=O)c3c3cc(Br)ccc23)C1. The molecule has 0 saturated carbocycles. The van der Waals surface area contributed by atoms with Crippen molar-refractivity contribution in [3.8, 4) is 11.3 Å². The molecule has 8 nitrogen and oxygen atoms in total. The fourth-order valence-electron chi connectivity index (χ4n) is 4.37. The van der Waals surface area contributed by atoms with Crippen molar-refractivity contribution in [2.75, 3.05) is 24.7 Å². The highest BCUT2D eigenvalue weighted by Gasteiger charge is 2.27. The smallest absolute Gasteiger partial charge is 0.258 e. The summed E-state index contributed by atoms with van der Waals surface area (Å²) in [6.07, 6.45) is 6.17. The molecule has 0 bridgehead atoms. The van der Waals surface area contributed by atoms with Gasteiger partial charge in [0, 0.05) is 52.3 Å². The zero-order chi connectivity index (χ0) is 23.2. The Hall–Kier alpha value is -2.82. The number of H-pyrrole nitrogens is 1. The minimum Gasteiger partial charge on any atom is -0.365 e. The highest BCUT2D eigenvalue weighted by atomic mass is 79.9. The second kappa shape index (κ2) is 8.51. The van der Waals surface area contributed by atoms with Gasteiger partial charge >= 0.3 is 0 Å². The molecule has 33 heavy (non-hydrogen) atoms. The Morgan fingerprint density at radius 2 is 2.06 bits per heavy atom. The third-order valence-corrected chi connectivity index (χ3v) is 7.69. The summed E-state index contributed by atoms with van der Waals surface area (Å²) in [6.45, 7) is 0.897. The van der Waals surface area contributed by atoms with Crippen molar-refractivity contribution in [2.45, 2.75) is 18.9 Å². The van der Waals surface area contributed by atoms with Crippen molar-refractivity contribution < 1.29 is 8.42 Å². The lowest BCUT2D eigenvalue weighted by Gasteiger charge is -2.32. The normalized spacial score (nSPS) is 17.5. The molecule has 0 aliphatic carbocycles. The van der Waals surface area contributed by atoms with Crippen molar-refractivity contribution in [2.24, 2.45) is 0 Å². The number of pyridine rings is 3. The second-order valence-corrected chi connectivity index (χ2v) is 11.1. The molecule has 1 saturated heterocycles. The van der Waals surface area contributed by atoms with Crippen LogP contribution in [0.15, 0.2) is 58.1 Å². The van der Waals surface area contributed by atoms with E-state index in [0.29, 0.717) is 35.5 Å². The van der Waals surface area contributed by atoms with Crippen molar-refractivity contribution in [3.63, 3.8) is 0 Å². The average Bonchev–Trinajstić information content (AvgIpc) is 2.79. The van der Waals surface area contributed by atoms with Gasteiger partial charge in [-0.1, -0.05) is 22.0 Å². The van der Waals surface area contributed by atoms with Gasteiger partial charge in [-0.25, -0.2) is 17.7 Å². The van der Waals surface area contributed by atoms with E-state index in [2.05, 4.69) is 31.2 Å². The first-order valence-corrected chi connectivity index (χ1v) is 13.2. The maximum Gasteiger partial charge on any atom is 0.258 e. The largest absolute Gasteiger partial charge is 0.365 e. The maximum atomic E-state index is 12.9. The van der Waals surface area contributed by atoms with Crippen LogP contribution in [0, 0.1) is 0 Å². The number of sulfonamides is 1. The Morgan fingerprint density at radius 1 is 1.21 bits per heavy atom. The van der Waals surface area contributed by atoms with Crippen molar-refractivity contribution in [1.82, 2.24) is 19.3 Å². The van der Waals surface area contributed by atoms with Crippen LogP contribution < -0.4 is 10.9 Å². The third-order valence-electron chi connectivity index (χ3n) is 5.93. The molecule has 0 radical (unpaired) electrons. The summed E-state index contributed by atoms with van der Waals surface area (Å²) >= 11 is 3.52. The van der Waals surface area contributed by atoms with E-state index in [1.54, 1.807) is 12.4 Å². The summed E-state index contributed by atoms with van der Waals surface area (Å²) in [5, 5.41) is 5.51. The van der Waals surface area contributed by atoms with E-state index in [1.165, 1.54) is 10.6 Å². The molecule has 4 heterocycles. The number of halogens is 1. The summed E-state index contributed by atoms with van der Waals surface area (Å²) < 4.78 is 26.5. The molecule has 10 heteroatoms. The van der Waals surface area contributed by atoms with Crippen LogP contribution in [0.2, 0.25) is 0 Å². The summed E-state index contributed by atoms with van der Waals surface area (Å²) in [5.74, 6) is 0.619. The second-order valence-electron chi connectivity index (χ2n) is 8.22. The number of rotatable bonds is 4. The summed E-state index contributed by atoms with van der Waals surface area (Å²) in [6, 6.07) is 11.2. The molecular weight excluding hydrogens is 506 g/mol. The molecule has 1 aromatic carbocycles. The molecule has 1 aliphatic rings. The lowest BCUT2D eigenvalue weighted by molar-refractivity contribution is 0.329. The van der Waals surface area contributed by atoms with Crippen molar-refractivity contribution >= 4 is 53.4 Å². The minimum atomic E-state index is -3.27. The van der Waals surface area contributed by atoms with E-state index in [4.69, 9.17) is 4.98 Å². The summed E-state index contributed by atoms with van der Waals surface area (Å²) in [5.41, 5.74) is 1.73. The Bertz CT molecular complexity index is 1520. The molecule has 3 aromatic heterocycles. The zero-order valence-corrected chi connectivity index (χ0v) is 20.3. The van der Waals surface area contributed by atoms with Crippen LogP contribution in [-0.2, 0) is 10.0 Å². The average molecular weight is 528 g/mol. The lowest BCUT2D eigenvalue weighted by Crippen LogP contribution is -2.44. The van der Waals surface area contributed by atoms with Crippen LogP contribution in [0.5, 0.6) is 0 Å². The quantitative estimate of drug-likeness (QED) is 0.391. The van der Waals surface area contributed by atoms with Gasteiger partial charge in [-0.05, 0) is 43.2 Å². The number of nitrogens with zero attached hydrogens (tertiary/aromatic N) is 3. The molecule has 170 valence electrons. The van der Waals surface area contributed by atoms with Gasteiger partial charge in [0.25, 0.3) is 5.56 Å². The van der Waals surface area contributed by atoms with Gasteiger partial charge in [-0.15, -0.1) is 0 Å². The number of benzene rings is 1. The van der Waals surface area contributed by atoms with Crippen LogP contribution >= 0.6 is 15.9 Å². The summed E-state index contributed by atoms with van der Waals surface area (Å²) in [7, 11) is -3.27. The number of hydrogen-bond donors (Lipinski definition) is 2. The number of hydrogen-bond acceptors (Lipinski definition) is 6. The third kappa shape index (κ3) is 4.25. The topological polar surface area (TPSA) is 108 Å². The van der Waals surface area contributed by atoms with E-state index in [1.807, 2.05) is 36.4 Å². The molecule has 4 aromatic rings. The number of anilines is 1. The van der Waals surface area contributed by atoms with Crippen LogP contribution in [0.3, 0.4) is 0 Å². The van der Waals surface area contributed by atoms with E-state index in [0.717, 1.165) is 33.7 Å². The molecule has 0 amide bonds. The fraction of sp³-hybridized carbons (Fsp3) is 0.261. The molecule has 0 unspecified atom stereocenters. The lowest BCUT2D eigenvalue weighted by atomic mass is 10.0. The molecule has 1 atom stereocenters. The van der Waals surface area contributed by atoms with Gasteiger partial charge < -0.3 is 10.3 Å². The Labute approximate surface area is 199 Å². The fourth-order valence-corrected chi connectivity index (χ4v) is 5.64. The van der Waals surface area contributed by atoms with Crippen molar-refractivity contribution in [3.05, 3.63) is 63.6 Å². The van der Waals surface area contributed by atoms with Gasteiger partial charge in [0.1, 0.15) is 5.82 Å². The van der Waals surface area contributed by atoms with Gasteiger partial charge in [0.05, 0.1) is 22.9 Å². The van der Waals surface area contributed by atoms with Crippen molar-refractivity contribution in [1.29, 1.82) is 0 Å². The standard InChI is InChI=1S/C23H22BrN5O3S/c1-33(31,32)29-10-4-5-15(13-29)27-22-16-8-7-14(24)11-17(16)20-21(28-22)18(12-26-23(20)30)19-6-2-3-9-25-19/h2-3,6-9,11-12,15H,4-5,10,13H2,1H3,(H,26,30)(H,27,28)/t15-/m0/s1.